The van der Waals surface area contributed by atoms with Gasteiger partial charge in [-0.15, -0.1) is 0 Å². The lowest BCUT2D eigenvalue weighted by molar-refractivity contribution is -0.0505. The van der Waals surface area contributed by atoms with Crippen LogP contribution in [-0.2, 0) is 4.74 Å². The molecule has 0 aromatic heterocycles. The molecule has 0 bridgehead atoms. The minimum Gasteiger partial charge on any atom is -0.377 e. The minimum atomic E-state index is 0.164. The highest BCUT2D eigenvalue weighted by Gasteiger charge is 2.48. The Kier molecular flexibility index (Phi) is 4.35. The van der Waals surface area contributed by atoms with Crippen LogP contribution in [0.3, 0.4) is 0 Å². The molecule has 2 atom stereocenters. The zero-order valence-electron chi connectivity index (χ0n) is 12.4. The number of hydrogen-bond donors (Lipinski definition) is 1. The highest BCUT2D eigenvalue weighted by Crippen LogP contribution is 2.46. The molecule has 18 heavy (non-hydrogen) atoms. The van der Waals surface area contributed by atoms with Gasteiger partial charge in [-0.05, 0) is 38.1 Å². The fraction of sp³-hybridized carbons (Fsp3) is 1.00. The minimum absolute atomic E-state index is 0.164. The van der Waals surface area contributed by atoms with Gasteiger partial charge in [-0.2, -0.15) is 0 Å². The molecule has 106 valence electrons. The SMILES string of the molecule is CN(CC1CCCO1)C1(CN)CCCCC1(C)C. The van der Waals surface area contributed by atoms with E-state index in [0.29, 0.717) is 11.5 Å². The van der Waals surface area contributed by atoms with E-state index in [1.807, 2.05) is 0 Å². The molecule has 0 radical (unpaired) electrons. The maximum atomic E-state index is 6.21. The second-order valence-corrected chi connectivity index (χ2v) is 6.84. The van der Waals surface area contributed by atoms with Crippen LogP contribution in [-0.4, -0.2) is 43.3 Å². The van der Waals surface area contributed by atoms with Crippen LogP contribution in [0.15, 0.2) is 0 Å². The summed E-state index contributed by atoms with van der Waals surface area (Å²) in [7, 11) is 2.25. The Morgan fingerprint density at radius 2 is 1.94 bits per heavy atom. The van der Waals surface area contributed by atoms with Gasteiger partial charge >= 0.3 is 0 Å². The van der Waals surface area contributed by atoms with Crippen LogP contribution in [0, 0.1) is 5.41 Å². The first-order chi connectivity index (χ1) is 8.52. The Morgan fingerprint density at radius 1 is 1.22 bits per heavy atom. The largest absolute Gasteiger partial charge is 0.377 e. The van der Waals surface area contributed by atoms with Crippen molar-refractivity contribution >= 4 is 0 Å². The van der Waals surface area contributed by atoms with Gasteiger partial charge in [0.25, 0.3) is 0 Å². The Hall–Kier alpha value is -0.120. The van der Waals surface area contributed by atoms with Crippen molar-refractivity contribution < 1.29 is 4.74 Å². The van der Waals surface area contributed by atoms with Crippen molar-refractivity contribution in [1.29, 1.82) is 0 Å². The average Bonchev–Trinajstić information content (AvgIpc) is 2.81. The van der Waals surface area contributed by atoms with Crippen molar-refractivity contribution in [3.63, 3.8) is 0 Å². The maximum Gasteiger partial charge on any atom is 0.0702 e. The molecule has 0 aromatic rings. The van der Waals surface area contributed by atoms with Gasteiger partial charge in [0.15, 0.2) is 0 Å². The zero-order chi connectivity index (χ0) is 13.2. The summed E-state index contributed by atoms with van der Waals surface area (Å²) in [6.45, 7) is 7.54. The molecule has 0 amide bonds. The molecule has 0 spiro atoms. The van der Waals surface area contributed by atoms with Gasteiger partial charge in [0.2, 0.25) is 0 Å². The number of hydrogen-bond acceptors (Lipinski definition) is 3. The Bertz CT molecular complexity index is 274. The molecule has 2 fully saturated rings. The van der Waals surface area contributed by atoms with E-state index < -0.39 is 0 Å². The van der Waals surface area contributed by atoms with Gasteiger partial charge in [0.1, 0.15) is 0 Å². The van der Waals surface area contributed by atoms with E-state index in [-0.39, 0.29) is 5.54 Å². The molecule has 1 heterocycles. The monoisotopic (exact) mass is 254 g/mol. The first-order valence-corrected chi connectivity index (χ1v) is 7.55. The topological polar surface area (TPSA) is 38.5 Å². The number of rotatable bonds is 4. The zero-order valence-corrected chi connectivity index (χ0v) is 12.4. The fourth-order valence-corrected chi connectivity index (χ4v) is 4.07. The van der Waals surface area contributed by atoms with Gasteiger partial charge in [-0.25, -0.2) is 0 Å². The summed E-state index contributed by atoms with van der Waals surface area (Å²) < 4.78 is 5.79. The number of nitrogens with zero attached hydrogens (tertiary/aromatic N) is 1. The third kappa shape index (κ3) is 2.45. The molecule has 0 aromatic carbocycles. The molecule has 1 saturated carbocycles. The molecule has 3 nitrogen and oxygen atoms in total. The Labute approximate surface area is 112 Å². The van der Waals surface area contributed by atoms with E-state index in [1.54, 1.807) is 0 Å². The van der Waals surface area contributed by atoms with Crippen molar-refractivity contribution in [2.75, 3.05) is 26.7 Å². The molecule has 2 rings (SSSR count). The normalized spacial score (nSPS) is 36.2. The predicted molar refractivity (Wildman–Crippen MR) is 75.6 cm³/mol. The molecular weight excluding hydrogens is 224 g/mol. The third-order valence-electron chi connectivity index (χ3n) is 5.47. The second-order valence-electron chi connectivity index (χ2n) is 6.84. The Morgan fingerprint density at radius 3 is 2.50 bits per heavy atom. The molecule has 2 unspecified atom stereocenters. The molecule has 2 aliphatic rings. The summed E-state index contributed by atoms with van der Waals surface area (Å²) in [5.74, 6) is 0. The van der Waals surface area contributed by atoms with Gasteiger partial charge in [-0.1, -0.05) is 26.7 Å². The van der Waals surface area contributed by atoms with Crippen molar-refractivity contribution in [2.24, 2.45) is 11.1 Å². The van der Waals surface area contributed by atoms with E-state index in [2.05, 4.69) is 25.8 Å². The summed E-state index contributed by atoms with van der Waals surface area (Å²) in [6.07, 6.45) is 8.05. The lowest BCUT2D eigenvalue weighted by Gasteiger charge is -2.55. The molecule has 1 saturated heterocycles. The van der Waals surface area contributed by atoms with E-state index >= 15 is 0 Å². The smallest absolute Gasteiger partial charge is 0.0702 e. The molecule has 1 aliphatic carbocycles. The molecule has 3 heteroatoms. The summed E-state index contributed by atoms with van der Waals surface area (Å²) >= 11 is 0. The van der Waals surface area contributed by atoms with E-state index in [9.17, 15) is 0 Å². The van der Waals surface area contributed by atoms with Crippen molar-refractivity contribution in [1.82, 2.24) is 4.90 Å². The van der Waals surface area contributed by atoms with E-state index in [4.69, 9.17) is 10.5 Å². The summed E-state index contributed by atoms with van der Waals surface area (Å²) in [4.78, 5) is 2.52. The van der Waals surface area contributed by atoms with Gasteiger partial charge < -0.3 is 10.5 Å². The average molecular weight is 254 g/mol. The number of nitrogens with two attached hydrogens (primary N) is 1. The van der Waals surface area contributed by atoms with Gasteiger partial charge in [0.05, 0.1) is 6.10 Å². The van der Waals surface area contributed by atoms with Gasteiger partial charge in [-0.3, -0.25) is 4.90 Å². The lowest BCUT2D eigenvalue weighted by Crippen LogP contribution is -2.63. The van der Waals surface area contributed by atoms with Crippen molar-refractivity contribution in [3.05, 3.63) is 0 Å². The summed E-state index contributed by atoms with van der Waals surface area (Å²) in [5, 5.41) is 0. The highest BCUT2D eigenvalue weighted by molar-refractivity contribution is 5.04. The van der Waals surface area contributed by atoms with Gasteiger partial charge in [0, 0.05) is 25.2 Å². The summed E-state index contributed by atoms with van der Waals surface area (Å²) in [5.41, 5.74) is 6.68. The molecule has 1 aliphatic heterocycles. The van der Waals surface area contributed by atoms with Crippen molar-refractivity contribution in [2.45, 2.75) is 64.0 Å². The maximum absolute atomic E-state index is 6.21. The van der Waals surface area contributed by atoms with Crippen LogP contribution in [0.2, 0.25) is 0 Å². The molecule has 2 N–H and O–H groups in total. The Balaban J connectivity index is 2.09. The summed E-state index contributed by atoms with van der Waals surface area (Å²) in [6, 6.07) is 0. The number of ether oxygens (including phenoxy) is 1. The van der Waals surface area contributed by atoms with Crippen LogP contribution < -0.4 is 5.73 Å². The predicted octanol–water partition coefficient (Wildman–Crippen LogP) is 2.39. The molecular formula is C15H30N2O. The van der Waals surface area contributed by atoms with Crippen LogP contribution in [0.5, 0.6) is 0 Å². The van der Waals surface area contributed by atoms with E-state index in [1.165, 1.54) is 38.5 Å². The van der Waals surface area contributed by atoms with Crippen LogP contribution >= 0.6 is 0 Å². The lowest BCUT2D eigenvalue weighted by atomic mass is 9.62. The van der Waals surface area contributed by atoms with Crippen molar-refractivity contribution in [3.8, 4) is 0 Å². The van der Waals surface area contributed by atoms with E-state index in [0.717, 1.165) is 19.7 Å². The first-order valence-electron chi connectivity index (χ1n) is 7.55. The quantitative estimate of drug-likeness (QED) is 0.837. The fourth-order valence-electron chi connectivity index (χ4n) is 4.07. The van der Waals surface area contributed by atoms with Crippen LogP contribution in [0.4, 0.5) is 0 Å². The first kappa shape index (κ1) is 14.3. The third-order valence-corrected chi connectivity index (χ3v) is 5.47. The highest BCUT2D eigenvalue weighted by atomic mass is 16.5. The van der Waals surface area contributed by atoms with Crippen LogP contribution in [0.25, 0.3) is 0 Å². The second kappa shape index (κ2) is 5.48. The number of likely N-dealkylation sites (N-methyl/N-ethyl adjacent to an activating group) is 1. The van der Waals surface area contributed by atoms with Crippen LogP contribution in [0.1, 0.15) is 52.4 Å². The standard InChI is InChI=1S/C15H30N2O/c1-14(2)8-4-5-9-15(14,12-16)17(3)11-13-7-6-10-18-13/h13H,4-12,16H2,1-3H3.